The molecule has 1 heterocycles. The van der Waals surface area contributed by atoms with Crippen LogP contribution in [0.2, 0.25) is 0 Å². The van der Waals surface area contributed by atoms with Crippen LogP contribution in [-0.4, -0.2) is 19.4 Å². The topological polar surface area (TPSA) is 59.6 Å². The predicted octanol–water partition coefficient (Wildman–Crippen LogP) is 2.26. The van der Waals surface area contributed by atoms with E-state index in [9.17, 15) is 4.79 Å². The average molecular weight is 264 g/mol. The van der Waals surface area contributed by atoms with Gasteiger partial charge < -0.3 is 20.1 Å². The zero-order valence-electron chi connectivity index (χ0n) is 11.6. The smallest absolute Gasteiger partial charge is 0.315 e. The normalized spacial score (nSPS) is 13.2. The van der Waals surface area contributed by atoms with Crippen molar-refractivity contribution in [2.24, 2.45) is 5.41 Å². The number of benzene rings is 1. The third-order valence-corrected chi connectivity index (χ3v) is 2.67. The van der Waals surface area contributed by atoms with Gasteiger partial charge in [-0.05, 0) is 23.1 Å². The Morgan fingerprint density at radius 1 is 1.21 bits per heavy atom. The van der Waals surface area contributed by atoms with Gasteiger partial charge in [-0.15, -0.1) is 0 Å². The number of hydrogen-bond acceptors (Lipinski definition) is 3. The molecule has 0 aliphatic carbocycles. The van der Waals surface area contributed by atoms with E-state index in [-0.39, 0.29) is 18.2 Å². The number of fused-ring (bicyclic) bond motifs is 1. The van der Waals surface area contributed by atoms with Crippen molar-refractivity contribution in [1.82, 2.24) is 10.6 Å². The van der Waals surface area contributed by atoms with Gasteiger partial charge in [0.2, 0.25) is 6.79 Å². The first-order chi connectivity index (χ1) is 8.94. The van der Waals surface area contributed by atoms with E-state index in [0.717, 1.165) is 17.1 Å². The number of ether oxygens (including phenoxy) is 2. The minimum atomic E-state index is -0.160. The molecule has 0 fully saturated rings. The molecule has 0 saturated carbocycles. The van der Waals surface area contributed by atoms with E-state index in [0.29, 0.717) is 13.1 Å². The van der Waals surface area contributed by atoms with E-state index in [1.807, 2.05) is 18.2 Å². The van der Waals surface area contributed by atoms with Crippen LogP contribution in [0.25, 0.3) is 0 Å². The molecule has 5 heteroatoms. The maximum absolute atomic E-state index is 11.6. The molecule has 2 rings (SSSR count). The summed E-state index contributed by atoms with van der Waals surface area (Å²) in [4.78, 5) is 11.6. The Morgan fingerprint density at radius 2 is 1.95 bits per heavy atom. The van der Waals surface area contributed by atoms with Crippen molar-refractivity contribution in [2.75, 3.05) is 13.3 Å². The van der Waals surface area contributed by atoms with Crippen LogP contribution in [0, 0.1) is 5.41 Å². The summed E-state index contributed by atoms with van der Waals surface area (Å²) in [5, 5.41) is 5.66. The number of hydrogen-bond donors (Lipinski definition) is 2. The quantitative estimate of drug-likeness (QED) is 0.880. The van der Waals surface area contributed by atoms with E-state index in [4.69, 9.17) is 9.47 Å². The molecular weight excluding hydrogens is 244 g/mol. The number of carbonyl (C=O) groups excluding carboxylic acids is 1. The van der Waals surface area contributed by atoms with Gasteiger partial charge in [0.05, 0.1) is 0 Å². The average Bonchev–Trinajstić information content (AvgIpc) is 2.80. The fraction of sp³-hybridized carbons (Fsp3) is 0.500. The molecule has 1 aliphatic rings. The molecule has 0 unspecified atom stereocenters. The lowest BCUT2D eigenvalue weighted by Gasteiger charge is -2.18. The summed E-state index contributed by atoms with van der Waals surface area (Å²) in [5.41, 5.74) is 1.06. The molecule has 1 aliphatic heterocycles. The van der Waals surface area contributed by atoms with E-state index in [1.165, 1.54) is 0 Å². The molecule has 0 radical (unpaired) electrons. The lowest BCUT2D eigenvalue weighted by atomic mass is 9.97. The summed E-state index contributed by atoms with van der Waals surface area (Å²) in [6.07, 6.45) is 0. The summed E-state index contributed by atoms with van der Waals surface area (Å²) in [7, 11) is 0. The fourth-order valence-corrected chi connectivity index (χ4v) is 1.64. The highest BCUT2D eigenvalue weighted by molar-refractivity contribution is 5.73. The first-order valence-electron chi connectivity index (χ1n) is 6.34. The molecule has 19 heavy (non-hydrogen) atoms. The predicted molar refractivity (Wildman–Crippen MR) is 72.3 cm³/mol. The summed E-state index contributed by atoms with van der Waals surface area (Å²) in [6.45, 7) is 7.59. The van der Waals surface area contributed by atoms with Gasteiger partial charge in [-0.3, -0.25) is 0 Å². The molecule has 5 nitrogen and oxygen atoms in total. The van der Waals surface area contributed by atoms with Gasteiger partial charge >= 0.3 is 6.03 Å². The van der Waals surface area contributed by atoms with Gasteiger partial charge in [0, 0.05) is 13.1 Å². The van der Waals surface area contributed by atoms with Crippen LogP contribution in [0.4, 0.5) is 4.79 Å². The second kappa shape index (κ2) is 5.38. The molecule has 2 amide bonds. The van der Waals surface area contributed by atoms with Gasteiger partial charge in [-0.1, -0.05) is 26.8 Å². The zero-order valence-corrected chi connectivity index (χ0v) is 11.6. The highest BCUT2D eigenvalue weighted by Crippen LogP contribution is 2.32. The van der Waals surface area contributed by atoms with E-state index in [1.54, 1.807) is 0 Å². The maximum Gasteiger partial charge on any atom is 0.315 e. The molecule has 1 aromatic carbocycles. The Morgan fingerprint density at radius 3 is 2.68 bits per heavy atom. The Kier molecular flexibility index (Phi) is 3.83. The van der Waals surface area contributed by atoms with E-state index >= 15 is 0 Å². The second-order valence-electron chi connectivity index (χ2n) is 5.78. The van der Waals surface area contributed by atoms with Gasteiger partial charge in [0.1, 0.15) is 0 Å². The van der Waals surface area contributed by atoms with Gasteiger partial charge in [0.25, 0.3) is 0 Å². The van der Waals surface area contributed by atoms with Crippen LogP contribution in [-0.2, 0) is 6.54 Å². The first kappa shape index (κ1) is 13.5. The van der Waals surface area contributed by atoms with Crippen LogP contribution < -0.4 is 20.1 Å². The number of nitrogens with one attached hydrogen (secondary N) is 2. The molecule has 0 saturated heterocycles. The molecule has 0 aromatic heterocycles. The molecule has 0 bridgehead atoms. The Hall–Kier alpha value is -1.91. The van der Waals surface area contributed by atoms with E-state index < -0.39 is 0 Å². The molecular formula is C14H20N2O3. The summed E-state index contributed by atoms with van der Waals surface area (Å²) < 4.78 is 10.5. The van der Waals surface area contributed by atoms with Crippen molar-refractivity contribution in [1.29, 1.82) is 0 Å². The van der Waals surface area contributed by atoms with Crippen molar-refractivity contribution in [2.45, 2.75) is 27.3 Å². The van der Waals surface area contributed by atoms with Crippen molar-refractivity contribution in [3.63, 3.8) is 0 Å². The third-order valence-electron chi connectivity index (χ3n) is 2.67. The standard InChI is InChI=1S/C14H20N2O3/c1-14(2,3)8-16-13(17)15-7-10-4-5-11-12(6-10)19-9-18-11/h4-6H,7-9H2,1-3H3,(H2,15,16,17). The summed E-state index contributed by atoms with van der Waals surface area (Å²) >= 11 is 0. The minimum absolute atomic E-state index is 0.0795. The minimum Gasteiger partial charge on any atom is -0.454 e. The number of amides is 2. The number of carbonyl (C=O) groups is 1. The summed E-state index contributed by atoms with van der Waals surface area (Å²) in [6, 6.07) is 5.49. The van der Waals surface area contributed by atoms with Crippen molar-refractivity contribution in [3.05, 3.63) is 23.8 Å². The van der Waals surface area contributed by atoms with Crippen molar-refractivity contribution >= 4 is 6.03 Å². The first-order valence-corrected chi connectivity index (χ1v) is 6.34. The third kappa shape index (κ3) is 4.05. The van der Waals surface area contributed by atoms with Crippen LogP contribution in [0.15, 0.2) is 18.2 Å². The van der Waals surface area contributed by atoms with Crippen LogP contribution in [0.5, 0.6) is 11.5 Å². The largest absolute Gasteiger partial charge is 0.454 e. The lowest BCUT2D eigenvalue weighted by Crippen LogP contribution is -2.39. The number of urea groups is 1. The van der Waals surface area contributed by atoms with Crippen LogP contribution in [0.1, 0.15) is 26.3 Å². The second-order valence-corrected chi connectivity index (χ2v) is 5.78. The van der Waals surface area contributed by atoms with Gasteiger partial charge in [-0.25, -0.2) is 4.79 Å². The molecule has 0 atom stereocenters. The SMILES string of the molecule is CC(C)(C)CNC(=O)NCc1ccc2c(c1)OCO2. The fourth-order valence-electron chi connectivity index (χ4n) is 1.64. The van der Waals surface area contributed by atoms with Crippen molar-refractivity contribution in [3.8, 4) is 11.5 Å². The van der Waals surface area contributed by atoms with E-state index in [2.05, 4.69) is 31.4 Å². The molecule has 104 valence electrons. The monoisotopic (exact) mass is 264 g/mol. The zero-order chi connectivity index (χ0) is 13.9. The Bertz CT molecular complexity index is 466. The maximum atomic E-state index is 11.6. The van der Waals surface area contributed by atoms with Crippen LogP contribution in [0.3, 0.4) is 0 Å². The Balaban J connectivity index is 1.81. The van der Waals surface area contributed by atoms with Crippen LogP contribution >= 0.6 is 0 Å². The molecule has 1 aromatic rings. The highest BCUT2D eigenvalue weighted by atomic mass is 16.7. The highest BCUT2D eigenvalue weighted by Gasteiger charge is 2.14. The Labute approximate surface area is 113 Å². The summed E-state index contributed by atoms with van der Waals surface area (Å²) in [5.74, 6) is 1.48. The number of rotatable bonds is 3. The molecule has 0 spiro atoms. The van der Waals surface area contributed by atoms with Crippen molar-refractivity contribution < 1.29 is 14.3 Å². The lowest BCUT2D eigenvalue weighted by molar-refractivity contribution is 0.174. The molecule has 2 N–H and O–H groups in total. The van der Waals surface area contributed by atoms with Gasteiger partial charge in [-0.2, -0.15) is 0 Å². The van der Waals surface area contributed by atoms with Gasteiger partial charge in [0.15, 0.2) is 11.5 Å².